The van der Waals surface area contributed by atoms with Gasteiger partial charge in [0.1, 0.15) is 0 Å². The molecule has 0 bridgehead atoms. The van der Waals surface area contributed by atoms with Crippen LogP contribution in [0.1, 0.15) is 67.7 Å². The van der Waals surface area contributed by atoms with Gasteiger partial charge in [-0.1, -0.05) is 48.5 Å². The molecule has 0 heteroatoms. The fraction of sp³-hybridized carbons (Fsp3) is 1.00. The third kappa shape index (κ3) is 4.02. The normalized spacial score (nSPS) is 30.9. The van der Waals surface area contributed by atoms with E-state index in [2.05, 4.69) is 34.6 Å². The van der Waals surface area contributed by atoms with Crippen molar-refractivity contribution in [2.45, 2.75) is 67.7 Å². The Bertz CT molecular complexity index is 144. The van der Waals surface area contributed by atoms with Crippen LogP contribution in [0.5, 0.6) is 0 Å². The van der Waals surface area contributed by atoms with Crippen LogP contribution in [0.25, 0.3) is 0 Å². The fourth-order valence-electron chi connectivity index (χ4n) is 2.96. The van der Waals surface area contributed by atoms with Crippen molar-refractivity contribution in [3.05, 3.63) is 0 Å². The first-order valence-corrected chi connectivity index (χ1v) is 6.42. The molecule has 14 heavy (non-hydrogen) atoms. The van der Waals surface area contributed by atoms with E-state index in [-0.39, 0.29) is 0 Å². The lowest BCUT2D eigenvalue weighted by Gasteiger charge is -2.41. The van der Waals surface area contributed by atoms with Crippen LogP contribution in [-0.2, 0) is 0 Å². The van der Waals surface area contributed by atoms with E-state index in [1.807, 2.05) is 13.8 Å². The Morgan fingerprint density at radius 2 is 1.64 bits per heavy atom. The average molecular weight is 198 g/mol. The molecule has 1 rings (SSSR count). The van der Waals surface area contributed by atoms with Crippen LogP contribution in [0.2, 0.25) is 0 Å². The van der Waals surface area contributed by atoms with Crippen LogP contribution in [0.3, 0.4) is 0 Å². The maximum Gasteiger partial charge on any atom is -0.0351 e. The van der Waals surface area contributed by atoms with Gasteiger partial charge in [-0.05, 0) is 42.4 Å². The summed E-state index contributed by atoms with van der Waals surface area (Å²) in [6, 6.07) is 0. The van der Waals surface area contributed by atoms with E-state index in [0.29, 0.717) is 5.41 Å². The van der Waals surface area contributed by atoms with Gasteiger partial charge in [-0.15, -0.1) is 0 Å². The molecular weight excluding hydrogens is 168 g/mol. The molecule has 0 saturated heterocycles. The molecule has 1 saturated carbocycles. The van der Waals surface area contributed by atoms with Gasteiger partial charge < -0.3 is 0 Å². The standard InChI is InChI=1S/C12H24.C2H6/c1-9(2)11-6-7-12(4,5)8-10(11)3;1-2/h9-11H,6-8H2,1-5H3;1-2H3. The van der Waals surface area contributed by atoms with Gasteiger partial charge >= 0.3 is 0 Å². The summed E-state index contributed by atoms with van der Waals surface area (Å²) in [5.41, 5.74) is 0.616. The zero-order valence-corrected chi connectivity index (χ0v) is 11.4. The fourth-order valence-corrected chi connectivity index (χ4v) is 2.96. The van der Waals surface area contributed by atoms with Crippen LogP contribution in [0, 0.1) is 23.2 Å². The van der Waals surface area contributed by atoms with Gasteiger partial charge in [-0.3, -0.25) is 0 Å². The molecule has 0 spiro atoms. The summed E-state index contributed by atoms with van der Waals surface area (Å²) < 4.78 is 0. The Hall–Kier alpha value is 0. The maximum absolute atomic E-state index is 2.44. The minimum absolute atomic E-state index is 0.616. The topological polar surface area (TPSA) is 0 Å². The van der Waals surface area contributed by atoms with Crippen molar-refractivity contribution < 1.29 is 0 Å². The Morgan fingerprint density at radius 1 is 1.14 bits per heavy atom. The van der Waals surface area contributed by atoms with E-state index in [1.54, 1.807) is 0 Å². The lowest BCUT2D eigenvalue weighted by molar-refractivity contribution is 0.0996. The highest BCUT2D eigenvalue weighted by Crippen LogP contribution is 2.44. The molecule has 1 aliphatic rings. The van der Waals surface area contributed by atoms with Crippen molar-refractivity contribution in [2.24, 2.45) is 23.2 Å². The molecule has 0 aromatic carbocycles. The molecule has 0 N–H and O–H groups in total. The van der Waals surface area contributed by atoms with Gasteiger partial charge in [0.25, 0.3) is 0 Å². The molecule has 0 radical (unpaired) electrons. The number of rotatable bonds is 1. The zero-order valence-electron chi connectivity index (χ0n) is 11.4. The summed E-state index contributed by atoms with van der Waals surface area (Å²) in [6.07, 6.45) is 4.31. The molecule has 0 aliphatic heterocycles. The van der Waals surface area contributed by atoms with E-state index in [9.17, 15) is 0 Å². The van der Waals surface area contributed by atoms with Crippen molar-refractivity contribution in [3.8, 4) is 0 Å². The minimum atomic E-state index is 0.616. The van der Waals surface area contributed by atoms with Gasteiger partial charge in [-0.25, -0.2) is 0 Å². The first-order chi connectivity index (χ1) is 6.42. The summed E-state index contributed by atoms with van der Waals surface area (Å²) in [6.45, 7) is 16.0. The highest BCUT2D eigenvalue weighted by Gasteiger charge is 2.33. The summed E-state index contributed by atoms with van der Waals surface area (Å²) in [5.74, 6) is 2.81. The van der Waals surface area contributed by atoms with Crippen molar-refractivity contribution in [3.63, 3.8) is 0 Å². The number of hydrogen-bond donors (Lipinski definition) is 0. The molecule has 1 aliphatic carbocycles. The Balaban J connectivity index is 0.000000791. The van der Waals surface area contributed by atoms with E-state index in [4.69, 9.17) is 0 Å². The molecule has 1 fully saturated rings. The van der Waals surface area contributed by atoms with E-state index < -0.39 is 0 Å². The predicted octanol–water partition coefficient (Wildman–Crippen LogP) is 5.13. The first-order valence-electron chi connectivity index (χ1n) is 6.42. The van der Waals surface area contributed by atoms with Crippen molar-refractivity contribution in [1.82, 2.24) is 0 Å². The lowest BCUT2D eigenvalue weighted by Crippen LogP contribution is -2.30. The molecule has 2 unspecified atom stereocenters. The molecule has 0 nitrogen and oxygen atoms in total. The summed E-state index contributed by atoms with van der Waals surface area (Å²) in [4.78, 5) is 0. The molecule has 0 amide bonds. The van der Waals surface area contributed by atoms with Crippen molar-refractivity contribution >= 4 is 0 Å². The van der Waals surface area contributed by atoms with E-state index in [0.717, 1.165) is 17.8 Å². The van der Waals surface area contributed by atoms with Crippen LogP contribution < -0.4 is 0 Å². The molecule has 0 heterocycles. The van der Waals surface area contributed by atoms with Gasteiger partial charge in [-0.2, -0.15) is 0 Å². The Kier molecular flexibility index (Phi) is 5.78. The average Bonchev–Trinajstić information content (AvgIpc) is 2.05. The van der Waals surface area contributed by atoms with Crippen LogP contribution in [0.4, 0.5) is 0 Å². The quantitative estimate of drug-likeness (QED) is 0.548. The second kappa shape index (κ2) is 5.78. The SMILES string of the molecule is CC.CC(C)C1CCC(C)(C)CC1C. The van der Waals surface area contributed by atoms with Gasteiger partial charge in [0, 0.05) is 0 Å². The highest BCUT2D eigenvalue weighted by atomic mass is 14.4. The van der Waals surface area contributed by atoms with Crippen LogP contribution in [-0.4, -0.2) is 0 Å². The lowest BCUT2D eigenvalue weighted by atomic mass is 9.65. The second-order valence-electron chi connectivity index (χ2n) is 5.79. The third-order valence-electron chi connectivity index (χ3n) is 3.62. The van der Waals surface area contributed by atoms with Crippen molar-refractivity contribution in [1.29, 1.82) is 0 Å². The third-order valence-corrected chi connectivity index (χ3v) is 3.62. The maximum atomic E-state index is 2.44. The summed E-state index contributed by atoms with van der Waals surface area (Å²) in [7, 11) is 0. The Morgan fingerprint density at radius 3 is 2.00 bits per heavy atom. The smallest absolute Gasteiger partial charge is 0.0351 e. The molecular formula is C14H30. The van der Waals surface area contributed by atoms with Gasteiger partial charge in [0.05, 0.1) is 0 Å². The summed E-state index contributed by atoms with van der Waals surface area (Å²) in [5, 5.41) is 0. The largest absolute Gasteiger partial charge is 0.0683 e. The first kappa shape index (κ1) is 14.0. The van der Waals surface area contributed by atoms with Crippen LogP contribution >= 0.6 is 0 Å². The predicted molar refractivity (Wildman–Crippen MR) is 66.5 cm³/mol. The Labute approximate surface area is 91.5 Å². The van der Waals surface area contributed by atoms with Gasteiger partial charge in [0.15, 0.2) is 0 Å². The van der Waals surface area contributed by atoms with E-state index in [1.165, 1.54) is 19.3 Å². The molecule has 0 aromatic heterocycles. The minimum Gasteiger partial charge on any atom is -0.0683 e. The van der Waals surface area contributed by atoms with E-state index >= 15 is 0 Å². The summed E-state index contributed by atoms with van der Waals surface area (Å²) >= 11 is 0. The van der Waals surface area contributed by atoms with Crippen LogP contribution in [0.15, 0.2) is 0 Å². The van der Waals surface area contributed by atoms with Crippen molar-refractivity contribution in [2.75, 3.05) is 0 Å². The molecule has 2 atom stereocenters. The second-order valence-corrected chi connectivity index (χ2v) is 5.79. The zero-order chi connectivity index (χ0) is 11.4. The molecule has 0 aromatic rings. The highest BCUT2D eigenvalue weighted by molar-refractivity contribution is 4.83. The monoisotopic (exact) mass is 198 g/mol. The van der Waals surface area contributed by atoms with Gasteiger partial charge in [0.2, 0.25) is 0 Å². The molecule has 86 valence electrons. The number of hydrogen-bond acceptors (Lipinski definition) is 0.